The third-order valence-corrected chi connectivity index (χ3v) is 4.25. The molecule has 0 aromatic heterocycles. The normalized spacial score (nSPS) is 75.3. The molecule has 0 aromatic rings. The highest BCUT2D eigenvalue weighted by Crippen LogP contribution is 2.76. The van der Waals surface area contributed by atoms with E-state index < -0.39 is 0 Å². The van der Waals surface area contributed by atoms with Gasteiger partial charge in [-0.3, -0.25) is 0 Å². The molecular formula is C9H14. The van der Waals surface area contributed by atoms with Crippen molar-refractivity contribution in [3.05, 3.63) is 0 Å². The Morgan fingerprint density at radius 1 is 1.00 bits per heavy atom. The highest BCUT2D eigenvalue weighted by molar-refractivity contribution is 5.19. The van der Waals surface area contributed by atoms with E-state index >= 15 is 0 Å². The molecule has 0 nitrogen and oxygen atoms in total. The molecule has 3 saturated carbocycles. The zero-order valence-corrected chi connectivity index (χ0v) is 6.17. The fourth-order valence-electron chi connectivity index (χ4n) is 3.71. The van der Waals surface area contributed by atoms with Crippen LogP contribution in [0.2, 0.25) is 0 Å². The van der Waals surface area contributed by atoms with Gasteiger partial charge in [0.05, 0.1) is 0 Å². The lowest BCUT2D eigenvalue weighted by atomic mass is 9.54. The van der Waals surface area contributed by atoms with Gasteiger partial charge in [0.25, 0.3) is 0 Å². The van der Waals surface area contributed by atoms with E-state index in [4.69, 9.17) is 0 Å². The van der Waals surface area contributed by atoms with Crippen molar-refractivity contribution in [2.45, 2.75) is 20.3 Å². The Morgan fingerprint density at radius 2 is 1.78 bits per heavy atom. The van der Waals surface area contributed by atoms with Crippen LogP contribution < -0.4 is 0 Å². The van der Waals surface area contributed by atoms with Crippen LogP contribution in [-0.4, -0.2) is 0 Å². The lowest BCUT2D eigenvalue weighted by molar-refractivity contribution is -0.0286. The largest absolute Gasteiger partial charge is 0.0622 e. The summed E-state index contributed by atoms with van der Waals surface area (Å²) >= 11 is 0. The fourth-order valence-corrected chi connectivity index (χ4v) is 3.71. The highest BCUT2D eigenvalue weighted by Gasteiger charge is 2.71. The van der Waals surface area contributed by atoms with E-state index in [2.05, 4.69) is 13.8 Å². The van der Waals surface area contributed by atoms with Gasteiger partial charge >= 0.3 is 0 Å². The lowest BCUT2D eigenvalue weighted by Crippen LogP contribution is -2.45. The van der Waals surface area contributed by atoms with Crippen LogP contribution in [0.5, 0.6) is 0 Å². The van der Waals surface area contributed by atoms with E-state index in [0.29, 0.717) is 0 Å². The molecule has 6 atom stereocenters. The Balaban J connectivity index is 1.85. The van der Waals surface area contributed by atoms with Gasteiger partial charge in [0, 0.05) is 0 Å². The summed E-state index contributed by atoms with van der Waals surface area (Å²) in [6.07, 6.45) is 1.57. The smallest absolute Gasteiger partial charge is 0.0318 e. The molecular weight excluding hydrogens is 108 g/mol. The molecule has 0 saturated heterocycles. The van der Waals surface area contributed by atoms with Crippen LogP contribution in [0.25, 0.3) is 0 Å². The molecule has 0 heterocycles. The van der Waals surface area contributed by atoms with Gasteiger partial charge < -0.3 is 0 Å². The van der Waals surface area contributed by atoms with Crippen molar-refractivity contribution in [2.75, 3.05) is 0 Å². The SMILES string of the molecule is CC1CC2C1C1C(C)C21. The van der Waals surface area contributed by atoms with Crippen LogP contribution in [0, 0.1) is 35.5 Å². The standard InChI is InChI=1S/C9H14/c1-4-3-6-7(4)9-5(2)8(6)9/h4-9H,3H2,1-2H3. The van der Waals surface area contributed by atoms with Gasteiger partial charge in [0.15, 0.2) is 0 Å². The molecule has 0 N–H and O–H groups in total. The van der Waals surface area contributed by atoms with Crippen molar-refractivity contribution >= 4 is 0 Å². The molecule has 0 bridgehead atoms. The maximum absolute atomic E-state index is 2.44. The van der Waals surface area contributed by atoms with Crippen molar-refractivity contribution in [1.82, 2.24) is 0 Å². The van der Waals surface area contributed by atoms with Gasteiger partial charge in [0.2, 0.25) is 0 Å². The summed E-state index contributed by atoms with van der Waals surface area (Å²) in [5.74, 6) is 7.06. The first kappa shape index (κ1) is 4.76. The van der Waals surface area contributed by atoms with Crippen LogP contribution in [0.4, 0.5) is 0 Å². The summed E-state index contributed by atoms with van der Waals surface area (Å²) in [5, 5.41) is 0. The Labute approximate surface area is 56.6 Å². The zero-order valence-electron chi connectivity index (χ0n) is 6.17. The molecule has 6 unspecified atom stereocenters. The van der Waals surface area contributed by atoms with Crippen LogP contribution in [-0.2, 0) is 0 Å². The van der Waals surface area contributed by atoms with Crippen molar-refractivity contribution in [3.8, 4) is 0 Å². The maximum atomic E-state index is 2.44. The van der Waals surface area contributed by atoms with Crippen molar-refractivity contribution in [2.24, 2.45) is 35.5 Å². The minimum atomic E-state index is 1.10. The minimum Gasteiger partial charge on any atom is -0.0622 e. The van der Waals surface area contributed by atoms with Gasteiger partial charge in [-0.1, -0.05) is 13.8 Å². The quantitative estimate of drug-likeness (QED) is 0.462. The first-order chi connectivity index (χ1) is 4.30. The van der Waals surface area contributed by atoms with Crippen molar-refractivity contribution < 1.29 is 0 Å². The van der Waals surface area contributed by atoms with Gasteiger partial charge in [-0.25, -0.2) is 0 Å². The van der Waals surface area contributed by atoms with E-state index in [1.807, 2.05) is 0 Å². The van der Waals surface area contributed by atoms with Crippen molar-refractivity contribution in [1.29, 1.82) is 0 Å². The molecule has 0 heteroatoms. The monoisotopic (exact) mass is 122 g/mol. The van der Waals surface area contributed by atoms with Gasteiger partial charge in [-0.05, 0) is 41.9 Å². The van der Waals surface area contributed by atoms with Crippen LogP contribution in [0.3, 0.4) is 0 Å². The summed E-state index contributed by atoms with van der Waals surface area (Å²) in [6.45, 7) is 4.88. The first-order valence-electron chi connectivity index (χ1n) is 4.30. The highest BCUT2D eigenvalue weighted by atomic mass is 14.8. The van der Waals surface area contributed by atoms with Gasteiger partial charge in [-0.15, -0.1) is 0 Å². The van der Waals surface area contributed by atoms with Crippen LogP contribution >= 0.6 is 0 Å². The average molecular weight is 122 g/mol. The van der Waals surface area contributed by atoms with Crippen LogP contribution in [0.15, 0.2) is 0 Å². The molecule has 0 amide bonds. The zero-order chi connectivity index (χ0) is 6.17. The number of rotatable bonds is 0. The molecule has 9 heavy (non-hydrogen) atoms. The van der Waals surface area contributed by atoms with E-state index in [-0.39, 0.29) is 0 Å². The van der Waals surface area contributed by atoms with E-state index in [0.717, 1.165) is 11.8 Å². The van der Waals surface area contributed by atoms with Gasteiger partial charge in [-0.2, -0.15) is 0 Å². The first-order valence-corrected chi connectivity index (χ1v) is 4.30. The second-order valence-electron chi connectivity index (χ2n) is 4.47. The number of hydrogen-bond acceptors (Lipinski definition) is 0. The van der Waals surface area contributed by atoms with Gasteiger partial charge in [0.1, 0.15) is 0 Å². The molecule has 3 rings (SSSR count). The Hall–Kier alpha value is 0. The Morgan fingerprint density at radius 3 is 2.22 bits per heavy atom. The second kappa shape index (κ2) is 1.09. The lowest BCUT2D eigenvalue weighted by Gasteiger charge is -2.51. The predicted molar refractivity (Wildman–Crippen MR) is 36.9 cm³/mol. The molecule has 3 fully saturated rings. The predicted octanol–water partition coefficient (Wildman–Crippen LogP) is 2.15. The van der Waals surface area contributed by atoms with E-state index in [1.165, 1.54) is 23.7 Å². The van der Waals surface area contributed by atoms with E-state index in [1.54, 1.807) is 6.42 Å². The summed E-state index contributed by atoms with van der Waals surface area (Å²) in [6, 6.07) is 0. The second-order valence-corrected chi connectivity index (χ2v) is 4.47. The topological polar surface area (TPSA) is 0 Å². The van der Waals surface area contributed by atoms with E-state index in [9.17, 15) is 0 Å². The molecule has 50 valence electrons. The maximum Gasteiger partial charge on any atom is -0.0318 e. The van der Waals surface area contributed by atoms with Crippen LogP contribution in [0.1, 0.15) is 20.3 Å². The molecule has 0 aromatic carbocycles. The summed E-state index contributed by atoms with van der Waals surface area (Å²) in [5.41, 5.74) is 0. The summed E-state index contributed by atoms with van der Waals surface area (Å²) < 4.78 is 0. The summed E-state index contributed by atoms with van der Waals surface area (Å²) in [7, 11) is 0. The van der Waals surface area contributed by atoms with Crippen molar-refractivity contribution in [3.63, 3.8) is 0 Å². The number of hydrogen-bond donors (Lipinski definition) is 0. The third kappa shape index (κ3) is 0.320. The molecule has 0 spiro atoms. The minimum absolute atomic E-state index is 1.10. The molecule has 3 aliphatic rings. The Bertz CT molecular complexity index is 155. The molecule has 0 aliphatic heterocycles. The summed E-state index contributed by atoms with van der Waals surface area (Å²) in [4.78, 5) is 0. The average Bonchev–Trinajstić information content (AvgIpc) is 2.29. The fraction of sp³-hybridized carbons (Fsp3) is 1.00. The third-order valence-electron chi connectivity index (χ3n) is 4.25. The molecule has 0 radical (unpaired) electrons. The Kier molecular flexibility index (Phi) is 0.574. The number of fused-ring (bicyclic) bond motifs is 4. The molecule has 3 aliphatic carbocycles.